The molecule has 0 bridgehead atoms. The second-order valence-electron chi connectivity index (χ2n) is 6.30. The molecule has 0 radical (unpaired) electrons. The molecule has 0 saturated carbocycles. The lowest BCUT2D eigenvalue weighted by molar-refractivity contribution is 0.0602. The maximum Gasteiger partial charge on any atom is 0.345 e. The molecule has 1 N–H and O–H groups in total. The number of hydrogen-bond donors (Lipinski definition) is 1. The number of amides is 1. The van der Waals surface area contributed by atoms with Crippen LogP contribution in [0.3, 0.4) is 0 Å². The molecule has 1 heterocycles. The summed E-state index contributed by atoms with van der Waals surface area (Å²) in [6.07, 6.45) is 0. The van der Waals surface area contributed by atoms with Gasteiger partial charge in [-0.2, -0.15) is 0 Å². The summed E-state index contributed by atoms with van der Waals surface area (Å²) in [5.41, 5.74) is 0.708. The zero-order valence-corrected chi connectivity index (χ0v) is 17.1. The molecule has 150 valence electrons. The Hall–Kier alpha value is -3.35. The van der Waals surface area contributed by atoms with Crippen LogP contribution in [0.2, 0.25) is 10.0 Å². The molecule has 8 heteroatoms. The minimum Gasteiger partial charge on any atom is -0.465 e. The van der Waals surface area contributed by atoms with E-state index in [0.29, 0.717) is 11.1 Å². The van der Waals surface area contributed by atoms with Crippen LogP contribution in [0.15, 0.2) is 65.2 Å². The molecule has 6 nitrogen and oxygen atoms in total. The zero-order valence-electron chi connectivity index (χ0n) is 15.6. The molecule has 0 atom stereocenters. The number of esters is 1. The van der Waals surface area contributed by atoms with Crippen molar-refractivity contribution < 1.29 is 18.8 Å². The average Bonchev–Trinajstić information content (AvgIpc) is 3.15. The topological polar surface area (TPSA) is 81.4 Å². The second-order valence-corrected chi connectivity index (χ2v) is 7.12. The van der Waals surface area contributed by atoms with Crippen molar-refractivity contribution in [2.45, 2.75) is 0 Å². The first-order valence-corrected chi connectivity index (χ1v) is 9.58. The molecular formula is C22H14Cl2N2O4. The molecule has 0 spiro atoms. The Kier molecular flexibility index (Phi) is 5.44. The van der Waals surface area contributed by atoms with E-state index in [1.807, 2.05) is 30.3 Å². The minimum absolute atomic E-state index is 0.0747. The molecule has 0 saturated heterocycles. The Labute approximate surface area is 181 Å². The predicted octanol–water partition coefficient (Wildman–Crippen LogP) is 5.84. The van der Waals surface area contributed by atoms with Gasteiger partial charge in [0, 0.05) is 11.1 Å². The number of carbonyl (C=O) groups is 2. The van der Waals surface area contributed by atoms with E-state index in [2.05, 4.69) is 10.5 Å². The van der Waals surface area contributed by atoms with Gasteiger partial charge >= 0.3 is 5.97 Å². The fourth-order valence-electron chi connectivity index (χ4n) is 3.16. The van der Waals surface area contributed by atoms with Crippen LogP contribution < -0.4 is 5.32 Å². The fraction of sp³-hybridized carbons (Fsp3) is 0.0455. The van der Waals surface area contributed by atoms with Crippen molar-refractivity contribution in [2.75, 3.05) is 12.4 Å². The number of nitrogens with zero attached hydrogens (tertiary/aromatic N) is 1. The van der Waals surface area contributed by atoms with Gasteiger partial charge in [-0.3, -0.25) is 10.1 Å². The van der Waals surface area contributed by atoms with Crippen LogP contribution in [-0.4, -0.2) is 24.1 Å². The first kappa shape index (κ1) is 19.9. The maximum atomic E-state index is 13.0. The van der Waals surface area contributed by atoms with Gasteiger partial charge in [0.05, 0.1) is 17.2 Å². The van der Waals surface area contributed by atoms with Gasteiger partial charge in [-0.05, 0) is 29.0 Å². The highest BCUT2D eigenvalue weighted by molar-refractivity contribution is 6.39. The van der Waals surface area contributed by atoms with Gasteiger partial charge in [0.1, 0.15) is 5.69 Å². The molecule has 1 aromatic heterocycles. The number of carbonyl (C=O) groups excluding carboxylic acids is 2. The molecule has 0 unspecified atom stereocenters. The van der Waals surface area contributed by atoms with Crippen molar-refractivity contribution in [1.82, 2.24) is 5.16 Å². The van der Waals surface area contributed by atoms with Crippen molar-refractivity contribution in [3.8, 4) is 11.3 Å². The van der Waals surface area contributed by atoms with E-state index < -0.39 is 11.9 Å². The second kappa shape index (κ2) is 8.18. The third kappa shape index (κ3) is 3.51. The van der Waals surface area contributed by atoms with E-state index in [9.17, 15) is 9.59 Å². The molecule has 3 aromatic carbocycles. The first-order chi connectivity index (χ1) is 14.5. The number of benzene rings is 3. The third-order valence-corrected chi connectivity index (χ3v) is 5.17. The van der Waals surface area contributed by atoms with Gasteiger partial charge in [-0.15, -0.1) is 0 Å². The van der Waals surface area contributed by atoms with Crippen LogP contribution in [0.4, 0.5) is 5.88 Å². The SMILES string of the molecule is COC(=O)c1c(-c2c(Cl)cccc2Cl)noc1NC(=O)c1cccc2ccccc12. The van der Waals surface area contributed by atoms with Crippen molar-refractivity contribution in [3.63, 3.8) is 0 Å². The zero-order chi connectivity index (χ0) is 21.3. The largest absolute Gasteiger partial charge is 0.465 e. The highest BCUT2D eigenvalue weighted by Crippen LogP contribution is 2.38. The van der Waals surface area contributed by atoms with Gasteiger partial charge in [-0.25, -0.2) is 4.79 Å². The Morgan fingerprint density at radius 2 is 1.63 bits per heavy atom. The normalized spacial score (nSPS) is 10.8. The highest BCUT2D eigenvalue weighted by atomic mass is 35.5. The van der Waals surface area contributed by atoms with Crippen LogP contribution in [0.5, 0.6) is 0 Å². The van der Waals surface area contributed by atoms with E-state index in [1.165, 1.54) is 7.11 Å². The molecule has 4 rings (SSSR count). The summed E-state index contributed by atoms with van der Waals surface area (Å²) in [6.45, 7) is 0. The van der Waals surface area contributed by atoms with Crippen molar-refractivity contribution >= 4 is 51.7 Å². The molecule has 4 aromatic rings. The summed E-state index contributed by atoms with van der Waals surface area (Å²) in [7, 11) is 1.21. The molecule has 30 heavy (non-hydrogen) atoms. The summed E-state index contributed by atoms with van der Waals surface area (Å²) in [5.74, 6) is -1.38. The Bertz CT molecular complexity index is 1260. The number of anilines is 1. The number of rotatable bonds is 4. The van der Waals surface area contributed by atoms with Crippen molar-refractivity contribution in [3.05, 3.63) is 81.8 Å². The van der Waals surface area contributed by atoms with Crippen LogP contribution >= 0.6 is 23.2 Å². The standard InChI is InChI=1S/C22H14Cl2N2O4/c1-29-22(28)18-19(17-15(23)10-5-11-16(17)24)26-30-21(18)25-20(27)14-9-4-7-12-6-2-3-8-13(12)14/h2-11H,1H3,(H,25,27). The molecule has 1 amide bonds. The lowest BCUT2D eigenvalue weighted by Gasteiger charge is -2.08. The van der Waals surface area contributed by atoms with Crippen molar-refractivity contribution in [2.24, 2.45) is 0 Å². The summed E-state index contributed by atoms with van der Waals surface area (Å²) in [4.78, 5) is 25.5. The van der Waals surface area contributed by atoms with Crippen LogP contribution in [-0.2, 0) is 4.74 Å². The minimum atomic E-state index is -0.754. The first-order valence-electron chi connectivity index (χ1n) is 8.82. The van der Waals surface area contributed by atoms with E-state index in [1.54, 1.807) is 30.3 Å². The Morgan fingerprint density at radius 3 is 2.37 bits per heavy atom. The van der Waals surface area contributed by atoms with Crippen LogP contribution in [0, 0.1) is 0 Å². The highest BCUT2D eigenvalue weighted by Gasteiger charge is 2.29. The number of methoxy groups -OCH3 is 1. The Balaban J connectivity index is 1.79. The van der Waals surface area contributed by atoms with Gasteiger partial charge in [0.25, 0.3) is 5.91 Å². The smallest absolute Gasteiger partial charge is 0.345 e. The fourth-order valence-corrected chi connectivity index (χ4v) is 3.73. The lowest BCUT2D eigenvalue weighted by Crippen LogP contribution is -2.15. The van der Waals surface area contributed by atoms with Crippen LogP contribution in [0.25, 0.3) is 22.0 Å². The number of nitrogens with one attached hydrogen (secondary N) is 1. The van der Waals surface area contributed by atoms with E-state index in [4.69, 9.17) is 32.5 Å². The lowest BCUT2D eigenvalue weighted by atomic mass is 10.0. The summed E-state index contributed by atoms with van der Waals surface area (Å²) < 4.78 is 10.1. The number of hydrogen-bond acceptors (Lipinski definition) is 5. The maximum absolute atomic E-state index is 13.0. The predicted molar refractivity (Wildman–Crippen MR) is 115 cm³/mol. The molecule has 0 aliphatic carbocycles. The molecular weight excluding hydrogens is 427 g/mol. The van der Waals surface area contributed by atoms with Gasteiger partial charge < -0.3 is 9.26 Å². The van der Waals surface area contributed by atoms with E-state index in [0.717, 1.165) is 10.8 Å². The van der Waals surface area contributed by atoms with Gasteiger partial charge in [0.15, 0.2) is 5.56 Å². The van der Waals surface area contributed by atoms with Crippen LogP contribution in [0.1, 0.15) is 20.7 Å². The summed E-state index contributed by atoms with van der Waals surface area (Å²) in [5, 5.41) is 8.74. The number of ether oxygens (including phenoxy) is 1. The van der Waals surface area contributed by atoms with E-state index >= 15 is 0 Å². The average molecular weight is 441 g/mol. The Morgan fingerprint density at radius 1 is 0.967 bits per heavy atom. The molecule has 0 aliphatic heterocycles. The number of fused-ring (bicyclic) bond motifs is 1. The van der Waals surface area contributed by atoms with Crippen molar-refractivity contribution in [1.29, 1.82) is 0 Å². The number of halogens is 2. The van der Waals surface area contributed by atoms with Gasteiger partial charge in [-0.1, -0.05) is 70.8 Å². The monoisotopic (exact) mass is 440 g/mol. The summed E-state index contributed by atoms with van der Waals surface area (Å²) in [6, 6.07) is 17.7. The van der Waals surface area contributed by atoms with Gasteiger partial charge in [0.2, 0.25) is 5.88 Å². The quantitative estimate of drug-likeness (QED) is 0.403. The third-order valence-electron chi connectivity index (χ3n) is 4.54. The molecule has 0 fully saturated rings. The molecule has 0 aliphatic rings. The summed E-state index contributed by atoms with van der Waals surface area (Å²) >= 11 is 12.5. The van der Waals surface area contributed by atoms with E-state index in [-0.39, 0.29) is 27.2 Å². The number of aromatic nitrogens is 1.